The highest BCUT2D eigenvalue weighted by atomic mass is 19.1. The highest BCUT2D eigenvalue weighted by Gasteiger charge is 2.07. The first-order valence-corrected chi connectivity index (χ1v) is 7.51. The number of nitrogens with zero attached hydrogens (tertiary/aromatic N) is 3. The number of amides is 2. The maximum atomic E-state index is 14.1. The molecule has 6 nitrogen and oxygen atoms in total. The lowest BCUT2D eigenvalue weighted by molar-refractivity contribution is 0.240. The summed E-state index contributed by atoms with van der Waals surface area (Å²) in [5.41, 5.74) is 2.12. The zero-order valence-electron chi connectivity index (χ0n) is 13.2. The first-order valence-electron chi connectivity index (χ1n) is 7.51. The van der Waals surface area contributed by atoms with Crippen LogP contribution in [0.15, 0.2) is 55.4 Å². The number of rotatable bonds is 5. The Labute approximate surface area is 138 Å². The monoisotopic (exact) mass is 327 g/mol. The number of carbonyl (C=O) groups excluding carboxylic acids is 1. The molecule has 0 radical (unpaired) electrons. The molecule has 24 heavy (non-hydrogen) atoms. The Morgan fingerprint density at radius 3 is 2.58 bits per heavy atom. The normalized spacial score (nSPS) is 10.6. The molecule has 0 unspecified atom stereocenters. The second-order valence-corrected chi connectivity index (χ2v) is 5.48. The van der Waals surface area contributed by atoms with E-state index in [4.69, 9.17) is 0 Å². The van der Waals surface area contributed by atoms with E-state index in [0.29, 0.717) is 17.8 Å². The summed E-state index contributed by atoms with van der Waals surface area (Å²) in [6.45, 7) is 0.697. The third-order valence-corrected chi connectivity index (χ3v) is 3.59. The fourth-order valence-corrected chi connectivity index (χ4v) is 2.36. The van der Waals surface area contributed by atoms with Crippen molar-refractivity contribution >= 4 is 6.03 Å². The van der Waals surface area contributed by atoms with Crippen molar-refractivity contribution < 1.29 is 9.18 Å². The van der Waals surface area contributed by atoms with Gasteiger partial charge in [-0.15, -0.1) is 0 Å². The van der Waals surface area contributed by atoms with E-state index < -0.39 is 0 Å². The predicted octanol–water partition coefficient (Wildman–Crippen LogP) is 2.35. The number of urea groups is 1. The summed E-state index contributed by atoms with van der Waals surface area (Å²) >= 11 is 0. The number of benzene rings is 1. The van der Waals surface area contributed by atoms with E-state index in [1.807, 2.05) is 30.1 Å². The van der Waals surface area contributed by atoms with E-state index in [1.54, 1.807) is 29.1 Å². The van der Waals surface area contributed by atoms with Gasteiger partial charge in [0, 0.05) is 44.9 Å². The molecule has 0 saturated heterocycles. The van der Waals surface area contributed by atoms with Crippen molar-refractivity contribution in [2.45, 2.75) is 13.1 Å². The van der Waals surface area contributed by atoms with E-state index in [9.17, 15) is 9.18 Å². The molecule has 124 valence electrons. The van der Waals surface area contributed by atoms with Crippen LogP contribution in [-0.4, -0.2) is 20.1 Å². The maximum absolute atomic E-state index is 14.1. The van der Waals surface area contributed by atoms with Crippen molar-refractivity contribution in [1.82, 2.24) is 24.8 Å². The molecule has 0 atom stereocenters. The Morgan fingerprint density at radius 1 is 1.17 bits per heavy atom. The molecule has 3 aromatic rings. The Hall–Kier alpha value is -3.09. The standard InChI is InChI=1S/C17H18FN5O/c1-22-6-4-14(11-22)10-21-17(24)20-9-13-2-3-16(15(18)8-13)23-7-5-19-12-23/h2-8,11-12H,9-10H2,1H3,(H2,20,21,24). The molecule has 0 aliphatic heterocycles. The third kappa shape index (κ3) is 3.81. The summed E-state index contributed by atoms with van der Waals surface area (Å²) < 4.78 is 17.6. The summed E-state index contributed by atoms with van der Waals surface area (Å²) in [6, 6.07) is 6.49. The van der Waals surface area contributed by atoms with Gasteiger partial charge in [-0.2, -0.15) is 0 Å². The molecule has 1 aromatic carbocycles. The largest absolute Gasteiger partial charge is 0.357 e. The third-order valence-electron chi connectivity index (χ3n) is 3.59. The number of aryl methyl sites for hydroxylation is 1. The van der Waals surface area contributed by atoms with Crippen molar-refractivity contribution in [3.63, 3.8) is 0 Å². The Balaban J connectivity index is 1.52. The minimum atomic E-state index is -0.364. The van der Waals surface area contributed by atoms with Crippen molar-refractivity contribution in [3.8, 4) is 5.69 Å². The van der Waals surface area contributed by atoms with Gasteiger partial charge in [0.25, 0.3) is 0 Å². The van der Waals surface area contributed by atoms with Crippen molar-refractivity contribution in [2.75, 3.05) is 0 Å². The lowest BCUT2D eigenvalue weighted by Crippen LogP contribution is -2.34. The van der Waals surface area contributed by atoms with Crippen LogP contribution in [0.2, 0.25) is 0 Å². The smallest absolute Gasteiger partial charge is 0.315 e. The quantitative estimate of drug-likeness (QED) is 0.755. The minimum Gasteiger partial charge on any atom is -0.357 e. The first-order chi connectivity index (χ1) is 11.6. The van der Waals surface area contributed by atoms with Gasteiger partial charge in [-0.05, 0) is 29.3 Å². The highest BCUT2D eigenvalue weighted by molar-refractivity contribution is 5.73. The van der Waals surface area contributed by atoms with Crippen LogP contribution in [0.3, 0.4) is 0 Å². The first kappa shape index (κ1) is 15.8. The van der Waals surface area contributed by atoms with Gasteiger partial charge in [0.15, 0.2) is 0 Å². The van der Waals surface area contributed by atoms with E-state index in [-0.39, 0.29) is 18.4 Å². The molecular formula is C17H18FN5O. The number of hydrogen-bond donors (Lipinski definition) is 2. The molecule has 2 heterocycles. The minimum absolute atomic E-state index is 0.252. The van der Waals surface area contributed by atoms with E-state index in [1.165, 1.54) is 12.4 Å². The summed E-state index contributed by atoms with van der Waals surface area (Å²) in [5, 5.41) is 5.48. The molecular weight excluding hydrogens is 309 g/mol. The second kappa shape index (κ2) is 6.99. The van der Waals surface area contributed by atoms with Crippen LogP contribution in [0.25, 0.3) is 5.69 Å². The van der Waals surface area contributed by atoms with E-state index in [2.05, 4.69) is 15.6 Å². The van der Waals surface area contributed by atoms with Crippen LogP contribution in [0.5, 0.6) is 0 Å². The van der Waals surface area contributed by atoms with Gasteiger partial charge < -0.3 is 19.8 Å². The van der Waals surface area contributed by atoms with Crippen LogP contribution >= 0.6 is 0 Å². The molecule has 2 amide bonds. The highest BCUT2D eigenvalue weighted by Crippen LogP contribution is 2.14. The van der Waals surface area contributed by atoms with Crippen LogP contribution in [0.1, 0.15) is 11.1 Å². The van der Waals surface area contributed by atoms with Crippen LogP contribution in [0.4, 0.5) is 9.18 Å². The maximum Gasteiger partial charge on any atom is 0.315 e. The Morgan fingerprint density at radius 2 is 1.96 bits per heavy atom. The molecule has 0 spiro atoms. The molecule has 2 N–H and O–H groups in total. The van der Waals surface area contributed by atoms with Crippen LogP contribution < -0.4 is 10.6 Å². The van der Waals surface area contributed by atoms with Gasteiger partial charge in [0.05, 0.1) is 12.0 Å². The van der Waals surface area contributed by atoms with Crippen molar-refractivity contribution in [1.29, 1.82) is 0 Å². The average Bonchev–Trinajstić information content (AvgIpc) is 3.23. The summed E-state index contributed by atoms with van der Waals surface area (Å²) in [7, 11) is 1.92. The van der Waals surface area contributed by atoms with Gasteiger partial charge >= 0.3 is 6.03 Å². The van der Waals surface area contributed by atoms with E-state index in [0.717, 1.165) is 5.56 Å². The summed E-state index contributed by atoms with van der Waals surface area (Å²) in [5.74, 6) is -0.364. The van der Waals surface area contributed by atoms with Crippen LogP contribution in [-0.2, 0) is 20.1 Å². The van der Waals surface area contributed by atoms with Gasteiger partial charge in [-0.25, -0.2) is 14.2 Å². The number of halogens is 1. The Kier molecular flexibility index (Phi) is 4.60. The van der Waals surface area contributed by atoms with Gasteiger partial charge in [0.2, 0.25) is 0 Å². The SMILES string of the molecule is Cn1ccc(CNC(=O)NCc2ccc(-n3ccnc3)c(F)c2)c1. The van der Waals surface area contributed by atoms with Gasteiger partial charge in [0.1, 0.15) is 5.82 Å². The lowest BCUT2D eigenvalue weighted by Gasteiger charge is -2.09. The number of carbonyl (C=O) groups is 1. The molecule has 3 rings (SSSR count). The zero-order chi connectivity index (χ0) is 16.9. The van der Waals surface area contributed by atoms with Gasteiger partial charge in [-0.3, -0.25) is 0 Å². The Bertz CT molecular complexity index is 825. The molecule has 0 bridgehead atoms. The average molecular weight is 327 g/mol. The summed E-state index contributed by atoms with van der Waals surface area (Å²) in [4.78, 5) is 15.7. The molecule has 0 aliphatic rings. The molecule has 0 fully saturated rings. The van der Waals surface area contributed by atoms with Gasteiger partial charge in [-0.1, -0.05) is 6.07 Å². The predicted molar refractivity (Wildman–Crippen MR) is 88.0 cm³/mol. The molecule has 0 saturated carbocycles. The zero-order valence-corrected chi connectivity index (χ0v) is 13.2. The lowest BCUT2D eigenvalue weighted by atomic mass is 10.2. The topological polar surface area (TPSA) is 63.9 Å². The molecule has 2 aromatic heterocycles. The van der Waals surface area contributed by atoms with E-state index >= 15 is 0 Å². The van der Waals surface area contributed by atoms with Crippen molar-refractivity contribution in [3.05, 3.63) is 72.3 Å². The van der Waals surface area contributed by atoms with Crippen LogP contribution in [0, 0.1) is 5.82 Å². The number of imidazole rings is 1. The second-order valence-electron chi connectivity index (χ2n) is 5.48. The number of nitrogens with one attached hydrogen (secondary N) is 2. The fourth-order valence-electron chi connectivity index (χ4n) is 2.36. The number of hydrogen-bond acceptors (Lipinski definition) is 2. The molecule has 0 aliphatic carbocycles. The number of aromatic nitrogens is 3. The summed E-state index contributed by atoms with van der Waals surface area (Å²) in [6.07, 6.45) is 8.65. The fraction of sp³-hybridized carbons (Fsp3) is 0.176. The van der Waals surface area contributed by atoms with Crippen molar-refractivity contribution in [2.24, 2.45) is 7.05 Å². The molecule has 7 heteroatoms.